The van der Waals surface area contributed by atoms with E-state index in [2.05, 4.69) is 60.1 Å². The summed E-state index contributed by atoms with van der Waals surface area (Å²) in [6.45, 7) is 3.95. The lowest BCUT2D eigenvalue weighted by atomic mass is 9.93. The Morgan fingerprint density at radius 3 is 2.59 bits per heavy atom. The number of nitriles is 1. The van der Waals surface area contributed by atoms with E-state index in [-0.39, 0.29) is 11.8 Å². The van der Waals surface area contributed by atoms with Gasteiger partial charge >= 0.3 is 0 Å². The molecule has 0 aliphatic carbocycles. The van der Waals surface area contributed by atoms with Crippen LogP contribution in [0.2, 0.25) is 0 Å². The Labute approximate surface area is 193 Å². The van der Waals surface area contributed by atoms with E-state index >= 15 is 0 Å². The highest BCUT2D eigenvalue weighted by atomic mass is 32.1. The molecule has 1 aromatic heterocycles. The molecule has 0 bridgehead atoms. The summed E-state index contributed by atoms with van der Waals surface area (Å²) in [7, 11) is 0. The summed E-state index contributed by atoms with van der Waals surface area (Å²) >= 11 is 1.71. The molecule has 1 unspecified atom stereocenters. The number of aliphatic imine (C=N–C) groups is 1. The Kier molecular flexibility index (Phi) is 6.63. The second-order valence-corrected chi connectivity index (χ2v) is 8.81. The number of benzene rings is 2. The SMILES string of the molecule is CCC(=O)CC1=NC(Cc2ccc(-c3ccccc3C#N)cc2)C(c2cccs2)=C(C)N1. The summed E-state index contributed by atoms with van der Waals surface area (Å²) < 4.78 is 0. The molecular weight excluding hydrogens is 414 g/mol. The lowest BCUT2D eigenvalue weighted by Crippen LogP contribution is -2.33. The van der Waals surface area contributed by atoms with Crippen molar-refractivity contribution in [3.63, 3.8) is 0 Å². The molecule has 0 fully saturated rings. The van der Waals surface area contributed by atoms with Gasteiger partial charge in [-0.3, -0.25) is 9.79 Å². The van der Waals surface area contributed by atoms with E-state index < -0.39 is 0 Å². The number of carbonyl (C=O) groups excluding carboxylic acids is 1. The van der Waals surface area contributed by atoms with Crippen LogP contribution in [0.5, 0.6) is 0 Å². The highest BCUT2D eigenvalue weighted by Crippen LogP contribution is 2.32. The molecule has 3 aromatic rings. The first kappa shape index (κ1) is 21.7. The summed E-state index contributed by atoms with van der Waals surface area (Å²) in [6, 6.07) is 22.4. The third kappa shape index (κ3) is 4.71. The van der Waals surface area contributed by atoms with Gasteiger partial charge in [-0.1, -0.05) is 55.5 Å². The van der Waals surface area contributed by atoms with Gasteiger partial charge in [0.25, 0.3) is 0 Å². The van der Waals surface area contributed by atoms with Crippen LogP contribution in [0.25, 0.3) is 16.7 Å². The number of allylic oxidation sites excluding steroid dienone is 1. The van der Waals surface area contributed by atoms with Crippen molar-refractivity contribution in [1.82, 2.24) is 5.32 Å². The van der Waals surface area contributed by atoms with Crippen molar-refractivity contribution in [3.05, 3.63) is 87.7 Å². The molecule has 1 atom stereocenters. The molecule has 0 saturated carbocycles. The third-order valence-corrected chi connectivity index (χ3v) is 6.57. The lowest BCUT2D eigenvalue weighted by Gasteiger charge is -2.26. The van der Waals surface area contributed by atoms with E-state index in [4.69, 9.17) is 4.99 Å². The number of amidine groups is 1. The second kappa shape index (κ2) is 9.76. The lowest BCUT2D eigenvalue weighted by molar-refractivity contribution is -0.117. The Balaban J connectivity index is 1.63. The average Bonchev–Trinajstić information content (AvgIpc) is 3.33. The Hall–Kier alpha value is -3.49. The molecule has 0 radical (unpaired) electrons. The minimum atomic E-state index is -0.0493. The summed E-state index contributed by atoms with van der Waals surface area (Å²) in [5, 5.41) is 14.8. The molecule has 0 amide bonds. The number of carbonyl (C=O) groups is 1. The van der Waals surface area contributed by atoms with Gasteiger partial charge in [-0.2, -0.15) is 5.26 Å². The molecule has 5 heteroatoms. The maximum Gasteiger partial charge on any atom is 0.140 e. The van der Waals surface area contributed by atoms with E-state index in [9.17, 15) is 10.1 Å². The number of hydrogen-bond acceptors (Lipinski definition) is 5. The van der Waals surface area contributed by atoms with Crippen LogP contribution in [0.1, 0.15) is 42.7 Å². The Morgan fingerprint density at radius 2 is 1.91 bits per heavy atom. The van der Waals surface area contributed by atoms with Gasteiger partial charge in [0, 0.05) is 22.6 Å². The number of ketones is 1. The summed E-state index contributed by atoms with van der Waals surface area (Å²) in [5.41, 5.74) is 6.06. The van der Waals surface area contributed by atoms with E-state index in [1.165, 1.54) is 16.0 Å². The zero-order chi connectivity index (χ0) is 22.5. The number of Topliss-reactive ketones (excluding diaryl/α,β-unsaturated/α-hetero) is 1. The summed E-state index contributed by atoms with van der Waals surface area (Å²) in [4.78, 5) is 18.2. The highest BCUT2D eigenvalue weighted by molar-refractivity contribution is 7.11. The molecule has 32 heavy (non-hydrogen) atoms. The van der Waals surface area contributed by atoms with Crippen LogP contribution >= 0.6 is 11.3 Å². The number of nitrogens with one attached hydrogen (secondary N) is 1. The van der Waals surface area contributed by atoms with Gasteiger partial charge in [0.1, 0.15) is 11.6 Å². The molecule has 2 heterocycles. The fourth-order valence-corrected chi connectivity index (χ4v) is 4.90. The van der Waals surface area contributed by atoms with Crippen molar-refractivity contribution in [3.8, 4) is 17.2 Å². The summed E-state index contributed by atoms with van der Waals surface area (Å²) in [5.74, 6) is 0.933. The molecule has 1 aliphatic rings. The molecule has 0 spiro atoms. The van der Waals surface area contributed by atoms with Crippen molar-refractivity contribution in [2.24, 2.45) is 4.99 Å². The average molecular weight is 440 g/mol. The molecule has 0 saturated heterocycles. The van der Waals surface area contributed by atoms with Crippen LogP contribution < -0.4 is 5.32 Å². The molecule has 1 N–H and O–H groups in total. The van der Waals surface area contributed by atoms with Crippen molar-refractivity contribution in [2.45, 2.75) is 39.2 Å². The van der Waals surface area contributed by atoms with E-state index in [1.807, 2.05) is 31.2 Å². The minimum absolute atomic E-state index is 0.0493. The number of hydrogen-bond donors (Lipinski definition) is 1. The molecule has 160 valence electrons. The third-order valence-electron chi connectivity index (χ3n) is 5.67. The van der Waals surface area contributed by atoms with Gasteiger partial charge in [0.2, 0.25) is 0 Å². The van der Waals surface area contributed by atoms with Crippen molar-refractivity contribution in [1.29, 1.82) is 5.26 Å². The Morgan fingerprint density at radius 1 is 1.12 bits per heavy atom. The van der Waals surface area contributed by atoms with Crippen LogP contribution in [-0.4, -0.2) is 17.7 Å². The maximum absolute atomic E-state index is 12.0. The van der Waals surface area contributed by atoms with Gasteiger partial charge in [-0.05, 0) is 47.5 Å². The van der Waals surface area contributed by atoms with Crippen molar-refractivity contribution in [2.75, 3.05) is 0 Å². The van der Waals surface area contributed by atoms with E-state index in [1.54, 1.807) is 11.3 Å². The molecule has 2 aromatic carbocycles. The molecular formula is C27H25N3OS. The molecule has 4 nitrogen and oxygen atoms in total. The number of thiophene rings is 1. The predicted octanol–water partition coefficient (Wildman–Crippen LogP) is 6.00. The van der Waals surface area contributed by atoms with Gasteiger partial charge in [-0.15, -0.1) is 11.3 Å². The van der Waals surface area contributed by atoms with Crippen molar-refractivity contribution < 1.29 is 4.79 Å². The zero-order valence-corrected chi connectivity index (χ0v) is 19.1. The molecule has 4 rings (SSSR count). The molecule has 1 aliphatic heterocycles. The fraction of sp³-hybridized carbons (Fsp3) is 0.222. The quantitative estimate of drug-likeness (QED) is 0.491. The van der Waals surface area contributed by atoms with Gasteiger partial charge in [0.15, 0.2) is 0 Å². The van der Waals surface area contributed by atoms with Crippen LogP contribution in [0.15, 0.2) is 76.7 Å². The van der Waals surface area contributed by atoms with Crippen LogP contribution in [-0.2, 0) is 11.2 Å². The first-order valence-corrected chi connectivity index (χ1v) is 11.7. The van der Waals surface area contributed by atoms with Gasteiger partial charge in [-0.25, -0.2) is 0 Å². The smallest absolute Gasteiger partial charge is 0.140 e. The monoisotopic (exact) mass is 439 g/mol. The van der Waals surface area contributed by atoms with Crippen LogP contribution in [0.4, 0.5) is 0 Å². The Bertz CT molecular complexity index is 1210. The first-order valence-electron chi connectivity index (χ1n) is 10.8. The normalized spacial score (nSPS) is 15.7. The highest BCUT2D eigenvalue weighted by Gasteiger charge is 2.25. The first-order chi connectivity index (χ1) is 15.6. The maximum atomic E-state index is 12.0. The standard InChI is InChI=1S/C27H25N3OS/c1-3-22(31)16-26-29-18(2)27(25-9-6-14-32-25)24(30-26)15-19-10-12-20(13-11-19)23-8-5-4-7-21(23)17-28/h4-14,24H,3,15-16H2,1-2H3,(H,29,30). The number of rotatable bonds is 7. The van der Waals surface area contributed by atoms with E-state index in [0.29, 0.717) is 18.4 Å². The minimum Gasteiger partial charge on any atom is -0.347 e. The van der Waals surface area contributed by atoms with Crippen LogP contribution in [0, 0.1) is 11.3 Å². The number of nitrogens with zero attached hydrogens (tertiary/aromatic N) is 2. The second-order valence-electron chi connectivity index (χ2n) is 7.86. The van der Waals surface area contributed by atoms with Crippen molar-refractivity contribution >= 4 is 28.5 Å². The van der Waals surface area contributed by atoms with Gasteiger partial charge < -0.3 is 5.32 Å². The zero-order valence-electron chi connectivity index (χ0n) is 18.3. The van der Waals surface area contributed by atoms with Gasteiger partial charge in [0.05, 0.1) is 24.1 Å². The van der Waals surface area contributed by atoms with Crippen LogP contribution in [0.3, 0.4) is 0 Å². The van der Waals surface area contributed by atoms with E-state index in [0.717, 1.165) is 29.1 Å². The summed E-state index contributed by atoms with van der Waals surface area (Å²) in [6.07, 6.45) is 1.60. The largest absolute Gasteiger partial charge is 0.347 e. The predicted molar refractivity (Wildman–Crippen MR) is 131 cm³/mol. The topological polar surface area (TPSA) is 65.2 Å². The fourth-order valence-electron chi connectivity index (χ4n) is 4.02.